The van der Waals surface area contributed by atoms with Gasteiger partial charge in [0, 0.05) is 103 Å². The van der Waals surface area contributed by atoms with E-state index in [0.717, 1.165) is 58.4 Å². The topological polar surface area (TPSA) is 513 Å². The standard InChI is InChI=1S/C67H99N21O8/c1-2-3-4-5-6-7-8-30-57(89)76-31-16-15-27-51(58(69)90)83-62(94)55(36-42-39-81-49-25-13-10-21-45(42)49)87-60(92)53(29-19-34-79-67(74)75)85-64(96)56(37-43-40-82-50-26-14-11-22-46(43)50)88-61(93)52(28-18-33-78-66(72)73)84-63(95)54(35-41-38-80-48-24-12-9-20-44(41)48)86-59(91)47(68)23-17-32-77-65(70)71/h9-14,20-22,24-26,38-40,47,51-56,80-82H,2-8,15-19,23,27-37,68H2,1H3,(H2,69,90)(H,76,89)(H,83,94)(H,84,95)(H,85,96)(H,86,91)(H,87,92)(H,88,93)(H4,70,71,77)(H4,72,73,78)(H4,74,75,79)/t47-,51+,52-,53-,54-,55+,56+/m1/s1. The van der Waals surface area contributed by atoms with Crippen molar-refractivity contribution >= 4 is 97.8 Å². The van der Waals surface area contributed by atoms with E-state index >= 15 is 14.4 Å². The fourth-order valence-electron chi connectivity index (χ4n) is 11.3. The van der Waals surface area contributed by atoms with Gasteiger partial charge in [0.05, 0.1) is 6.04 Å². The van der Waals surface area contributed by atoms with Crippen molar-refractivity contribution in [3.63, 3.8) is 0 Å². The van der Waals surface area contributed by atoms with Crippen molar-refractivity contribution in [2.24, 2.45) is 60.8 Å². The summed E-state index contributed by atoms with van der Waals surface area (Å²) in [6.45, 7) is 2.83. The molecule has 29 nitrogen and oxygen atoms in total. The van der Waals surface area contributed by atoms with Crippen LogP contribution in [-0.2, 0) is 57.6 Å². The Morgan fingerprint density at radius 2 is 0.740 bits per heavy atom. The second-order valence-corrected chi connectivity index (χ2v) is 24.1. The van der Waals surface area contributed by atoms with Crippen molar-refractivity contribution in [3.05, 3.63) is 108 Å². The molecule has 26 N–H and O–H groups in total. The van der Waals surface area contributed by atoms with Crippen molar-refractivity contribution in [1.82, 2.24) is 52.2 Å². The predicted molar refractivity (Wildman–Crippen MR) is 374 cm³/mol. The average molecular weight is 1330 g/mol. The molecule has 6 aromatic rings. The molecule has 0 saturated carbocycles. The van der Waals surface area contributed by atoms with Crippen LogP contribution < -0.4 is 83.1 Å². The molecule has 0 aliphatic rings. The molecule has 3 aromatic heterocycles. The summed E-state index contributed by atoms with van der Waals surface area (Å²) in [5, 5.41) is 22.2. The first-order valence-electron chi connectivity index (χ1n) is 33.2. The van der Waals surface area contributed by atoms with Crippen LogP contribution >= 0.6 is 0 Å². The number of carbonyl (C=O) groups is 8. The lowest BCUT2D eigenvalue weighted by Gasteiger charge is -2.28. The van der Waals surface area contributed by atoms with Crippen molar-refractivity contribution in [2.45, 2.75) is 178 Å². The van der Waals surface area contributed by atoms with Gasteiger partial charge in [-0.15, -0.1) is 0 Å². The fourth-order valence-corrected chi connectivity index (χ4v) is 11.3. The van der Waals surface area contributed by atoms with E-state index in [9.17, 15) is 24.0 Å². The molecule has 3 heterocycles. The number of hydrogen-bond donors (Lipinski definition) is 18. The number of unbranched alkanes of at least 4 members (excludes halogenated alkanes) is 7. The summed E-state index contributed by atoms with van der Waals surface area (Å²) >= 11 is 0. The largest absolute Gasteiger partial charge is 0.370 e. The molecule has 0 radical (unpaired) electrons. The number of aliphatic imine (C=N–C) groups is 3. The molecule has 7 atom stereocenters. The number of benzene rings is 3. The summed E-state index contributed by atoms with van der Waals surface area (Å²) in [6.07, 6.45) is 14.6. The Hall–Kier alpha value is -10.2. The van der Waals surface area contributed by atoms with E-state index in [0.29, 0.717) is 48.9 Å². The Kier molecular flexibility index (Phi) is 30.8. The van der Waals surface area contributed by atoms with E-state index in [1.54, 1.807) is 18.6 Å². The number of fused-ring (bicyclic) bond motifs is 3. The third-order valence-electron chi connectivity index (χ3n) is 16.6. The molecule has 96 heavy (non-hydrogen) atoms. The number of nitrogens with zero attached hydrogens (tertiary/aromatic N) is 3. The zero-order valence-electron chi connectivity index (χ0n) is 54.9. The van der Waals surface area contributed by atoms with Gasteiger partial charge in [-0.2, -0.15) is 0 Å². The van der Waals surface area contributed by atoms with Crippen molar-refractivity contribution in [3.8, 4) is 0 Å². The van der Waals surface area contributed by atoms with Crippen molar-refractivity contribution in [2.75, 3.05) is 26.2 Å². The van der Waals surface area contributed by atoms with Gasteiger partial charge in [0.1, 0.15) is 36.3 Å². The molecule has 0 bridgehead atoms. The SMILES string of the molecule is CCCCCCCCCC(=O)NCCCC[C@H](NC(=O)[C@H](Cc1c[nH]c2ccccc12)NC(=O)[C@@H](CCCN=C(N)N)NC(=O)[C@H](Cc1c[nH]c2ccccc12)NC(=O)[C@@H](CCCN=C(N)N)NC(=O)[C@@H](Cc1c[nH]c2ccccc12)NC(=O)[C@H](N)CCCN=C(N)N)C(N)=O. The van der Waals surface area contributed by atoms with Crippen LogP contribution in [0.3, 0.4) is 0 Å². The van der Waals surface area contributed by atoms with Crippen LogP contribution in [0.2, 0.25) is 0 Å². The molecule has 0 spiro atoms. The molecule has 0 aliphatic carbocycles. The average Bonchev–Trinajstić information content (AvgIpc) is 1.65. The zero-order chi connectivity index (χ0) is 69.4. The minimum Gasteiger partial charge on any atom is -0.370 e. The minimum absolute atomic E-state index is 0.0360. The number of carbonyl (C=O) groups excluding carboxylic acids is 8. The van der Waals surface area contributed by atoms with Gasteiger partial charge in [-0.05, 0) is 99.1 Å². The molecule has 6 rings (SSSR count). The number of aromatic nitrogens is 3. The molecule has 8 amide bonds. The summed E-state index contributed by atoms with van der Waals surface area (Å²) < 4.78 is 0. The number of rotatable bonds is 44. The van der Waals surface area contributed by atoms with Gasteiger partial charge in [0.15, 0.2) is 17.9 Å². The zero-order valence-corrected chi connectivity index (χ0v) is 54.9. The molecular weight excluding hydrogens is 1230 g/mol. The number of nitrogens with one attached hydrogen (secondary N) is 10. The Balaban J connectivity index is 1.27. The third-order valence-corrected chi connectivity index (χ3v) is 16.6. The van der Waals surface area contributed by atoms with Gasteiger partial charge in [-0.25, -0.2) is 0 Å². The van der Waals surface area contributed by atoms with Gasteiger partial charge in [-0.3, -0.25) is 53.3 Å². The van der Waals surface area contributed by atoms with Crippen molar-refractivity contribution in [1.29, 1.82) is 0 Å². The van der Waals surface area contributed by atoms with Crippen LogP contribution in [0.5, 0.6) is 0 Å². The highest BCUT2D eigenvalue weighted by atomic mass is 16.2. The molecule has 520 valence electrons. The molecular formula is C67H99N21O8. The first-order valence-corrected chi connectivity index (χ1v) is 33.2. The van der Waals surface area contributed by atoms with Gasteiger partial charge in [0.2, 0.25) is 47.3 Å². The molecule has 3 aromatic carbocycles. The number of amides is 8. The maximum atomic E-state index is 15.3. The first-order chi connectivity index (χ1) is 46.2. The Labute approximate surface area is 558 Å². The second-order valence-electron chi connectivity index (χ2n) is 24.1. The van der Waals surface area contributed by atoms with E-state index in [1.165, 1.54) is 19.3 Å². The number of guanidine groups is 3. The molecule has 0 unspecified atom stereocenters. The lowest BCUT2D eigenvalue weighted by Crippen LogP contribution is -2.60. The van der Waals surface area contributed by atoms with Gasteiger partial charge in [0.25, 0.3) is 0 Å². The predicted octanol–water partition coefficient (Wildman–Crippen LogP) is 1.47. The molecule has 0 aliphatic heterocycles. The van der Waals surface area contributed by atoms with Crippen LogP contribution in [-0.4, -0.2) is 149 Å². The summed E-state index contributed by atoms with van der Waals surface area (Å²) in [4.78, 5) is 136. The molecule has 0 saturated heterocycles. The quantitative estimate of drug-likeness (QED) is 0.0146. The van der Waals surface area contributed by atoms with Gasteiger partial charge in [-0.1, -0.05) is 100 Å². The summed E-state index contributed by atoms with van der Waals surface area (Å²) in [5.41, 5.74) is 50.1. The summed E-state index contributed by atoms with van der Waals surface area (Å²) in [5.74, 6) is -6.02. The first kappa shape index (κ1) is 74.8. The van der Waals surface area contributed by atoms with Crippen LogP contribution in [0.4, 0.5) is 0 Å². The smallest absolute Gasteiger partial charge is 0.243 e. The number of H-pyrrole nitrogens is 3. The highest BCUT2D eigenvalue weighted by Crippen LogP contribution is 2.23. The summed E-state index contributed by atoms with van der Waals surface area (Å²) in [6, 6.07) is 12.9. The lowest BCUT2D eigenvalue weighted by atomic mass is 10.0. The minimum atomic E-state index is -1.46. The Morgan fingerprint density at radius 1 is 0.396 bits per heavy atom. The number of primary amides is 1. The van der Waals surface area contributed by atoms with E-state index in [-0.39, 0.29) is 101 Å². The van der Waals surface area contributed by atoms with E-state index < -0.39 is 83.6 Å². The van der Waals surface area contributed by atoms with Crippen LogP contribution in [0.1, 0.15) is 133 Å². The van der Waals surface area contributed by atoms with E-state index in [1.807, 2.05) is 72.8 Å². The van der Waals surface area contributed by atoms with Gasteiger partial charge >= 0.3 is 0 Å². The van der Waals surface area contributed by atoms with Gasteiger partial charge < -0.3 is 98.0 Å². The van der Waals surface area contributed by atoms with Crippen LogP contribution in [0.15, 0.2) is 106 Å². The lowest BCUT2D eigenvalue weighted by molar-refractivity contribution is -0.135. The van der Waals surface area contributed by atoms with E-state index in [2.05, 4.69) is 74.1 Å². The van der Waals surface area contributed by atoms with Crippen LogP contribution in [0, 0.1) is 0 Å². The normalized spacial score (nSPS) is 13.4. The Bertz CT molecular complexity index is 3600. The maximum Gasteiger partial charge on any atom is 0.243 e. The molecule has 0 fully saturated rings. The summed E-state index contributed by atoms with van der Waals surface area (Å²) in [7, 11) is 0. The number of aromatic amines is 3. The Morgan fingerprint density at radius 3 is 1.15 bits per heavy atom. The highest BCUT2D eigenvalue weighted by Gasteiger charge is 2.35. The van der Waals surface area contributed by atoms with E-state index in [4.69, 9.17) is 45.9 Å². The highest BCUT2D eigenvalue weighted by molar-refractivity contribution is 5.99. The van der Waals surface area contributed by atoms with Crippen LogP contribution in [0.25, 0.3) is 32.7 Å². The van der Waals surface area contributed by atoms with Crippen molar-refractivity contribution < 1.29 is 38.4 Å². The third kappa shape index (κ3) is 24.9. The monoisotopic (exact) mass is 1330 g/mol. The maximum absolute atomic E-state index is 15.3. The number of para-hydroxylation sites is 3. The number of hydrogen-bond acceptors (Lipinski definition) is 12. The number of nitrogens with two attached hydrogens (primary N) is 8. The molecule has 29 heteroatoms. The second kappa shape index (κ2) is 39.5. The fraction of sp³-hybridized carbons (Fsp3) is 0.478.